The zero-order chi connectivity index (χ0) is 17.5. The minimum absolute atomic E-state index is 0.0209. The number of ether oxygens (including phenoxy) is 1. The summed E-state index contributed by atoms with van der Waals surface area (Å²) in [5.74, 6) is 0. The Bertz CT molecular complexity index is 755. The number of nitriles is 1. The van der Waals surface area contributed by atoms with Crippen LogP contribution in [0.4, 0.5) is 4.79 Å². The van der Waals surface area contributed by atoms with Crippen molar-refractivity contribution in [2.75, 3.05) is 6.61 Å². The van der Waals surface area contributed by atoms with Gasteiger partial charge in [0, 0.05) is 19.2 Å². The zero-order valence-electron chi connectivity index (χ0n) is 13.9. The van der Waals surface area contributed by atoms with Crippen LogP contribution in [0.1, 0.15) is 35.6 Å². The van der Waals surface area contributed by atoms with Crippen molar-refractivity contribution in [3.63, 3.8) is 0 Å². The monoisotopic (exact) mass is 335 g/mol. The van der Waals surface area contributed by atoms with Crippen LogP contribution < -0.4 is 10.6 Å². The first-order valence-corrected chi connectivity index (χ1v) is 8.44. The van der Waals surface area contributed by atoms with E-state index in [2.05, 4.69) is 28.8 Å². The van der Waals surface area contributed by atoms with Gasteiger partial charge in [-0.2, -0.15) is 5.26 Å². The molecule has 1 heterocycles. The Morgan fingerprint density at radius 2 is 2.04 bits per heavy atom. The van der Waals surface area contributed by atoms with Crippen molar-refractivity contribution in [1.29, 1.82) is 5.26 Å². The average Bonchev–Trinajstić information content (AvgIpc) is 2.67. The third-order valence-electron chi connectivity index (χ3n) is 4.30. The fraction of sp³-hybridized carbons (Fsp3) is 0.300. The highest BCUT2D eigenvalue weighted by molar-refractivity contribution is 5.74. The molecule has 2 atom stereocenters. The van der Waals surface area contributed by atoms with Crippen molar-refractivity contribution < 1.29 is 9.53 Å². The Morgan fingerprint density at radius 3 is 2.84 bits per heavy atom. The molecule has 0 radical (unpaired) electrons. The second kappa shape index (κ2) is 8.32. The van der Waals surface area contributed by atoms with Crippen LogP contribution in [0, 0.1) is 11.3 Å². The SMILES string of the molecule is N#Cc1cccc(CNC(=O)N[C@H]2CCO[C@@H](c3ccccc3)C2)c1. The van der Waals surface area contributed by atoms with Crippen LogP contribution >= 0.6 is 0 Å². The highest BCUT2D eigenvalue weighted by atomic mass is 16.5. The van der Waals surface area contributed by atoms with Crippen molar-refractivity contribution >= 4 is 6.03 Å². The molecule has 5 heteroatoms. The molecule has 25 heavy (non-hydrogen) atoms. The van der Waals surface area contributed by atoms with Crippen LogP contribution in [0.3, 0.4) is 0 Å². The van der Waals surface area contributed by atoms with E-state index in [1.165, 1.54) is 0 Å². The van der Waals surface area contributed by atoms with E-state index in [1.54, 1.807) is 12.1 Å². The molecule has 2 aromatic rings. The van der Waals surface area contributed by atoms with Gasteiger partial charge in [0.1, 0.15) is 0 Å². The van der Waals surface area contributed by atoms with Crippen molar-refractivity contribution in [1.82, 2.24) is 10.6 Å². The van der Waals surface area contributed by atoms with Crippen molar-refractivity contribution in [2.45, 2.75) is 31.5 Å². The van der Waals surface area contributed by atoms with Crippen LogP contribution in [0.5, 0.6) is 0 Å². The lowest BCUT2D eigenvalue weighted by Gasteiger charge is -2.30. The van der Waals surface area contributed by atoms with Gasteiger partial charge >= 0.3 is 6.03 Å². The van der Waals surface area contributed by atoms with Crippen LogP contribution in [0.15, 0.2) is 54.6 Å². The molecule has 1 fully saturated rings. The van der Waals surface area contributed by atoms with E-state index in [9.17, 15) is 4.79 Å². The summed E-state index contributed by atoms with van der Waals surface area (Å²) >= 11 is 0. The molecule has 128 valence electrons. The molecular weight excluding hydrogens is 314 g/mol. The summed E-state index contributed by atoms with van der Waals surface area (Å²) in [6.07, 6.45) is 1.59. The number of carbonyl (C=O) groups excluding carboxylic acids is 1. The topological polar surface area (TPSA) is 74.2 Å². The number of nitrogens with zero attached hydrogens (tertiary/aromatic N) is 1. The van der Waals surface area contributed by atoms with Crippen molar-refractivity contribution in [3.05, 3.63) is 71.3 Å². The van der Waals surface area contributed by atoms with E-state index in [4.69, 9.17) is 10.00 Å². The summed E-state index contributed by atoms with van der Waals surface area (Å²) in [4.78, 5) is 12.2. The minimum atomic E-state index is -0.193. The van der Waals surface area contributed by atoms with Gasteiger partial charge in [-0.15, -0.1) is 0 Å². The summed E-state index contributed by atoms with van der Waals surface area (Å²) in [7, 11) is 0. The molecule has 2 aromatic carbocycles. The molecule has 3 rings (SSSR count). The molecule has 1 aliphatic rings. The maximum absolute atomic E-state index is 12.2. The van der Waals surface area contributed by atoms with Crippen LogP contribution in [0.2, 0.25) is 0 Å². The first kappa shape index (κ1) is 17.0. The maximum atomic E-state index is 12.2. The molecule has 0 spiro atoms. The minimum Gasteiger partial charge on any atom is -0.373 e. The highest BCUT2D eigenvalue weighted by Crippen LogP contribution is 2.27. The van der Waals surface area contributed by atoms with Gasteiger partial charge in [-0.05, 0) is 36.1 Å². The Kier molecular flexibility index (Phi) is 5.65. The molecule has 0 bridgehead atoms. The molecule has 0 aromatic heterocycles. The first-order chi connectivity index (χ1) is 12.2. The lowest BCUT2D eigenvalue weighted by molar-refractivity contribution is 0.00225. The van der Waals surface area contributed by atoms with Gasteiger partial charge in [0.05, 0.1) is 17.7 Å². The van der Waals surface area contributed by atoms with Crippen LogP contribution in [-0.2, 0) is 11.3 Å². The van der Waals surface area contributed by atoms with Crippen LogP contribution in [-0.4, -0.2) is 18.7 Å². The molecular formula is C20H21N3O2. The van der Waals surface area contributed by atoms with E-state index >= 15 is 0 Å². The molecule has 2 amide bonds. The molecule has 0 saturated carbocycles. The van der Waals surface area contributed by atoms with Gasteiger partial charge in [0.15, 0.2) is 0 Å². The summed E-state index contributed by atoms with van der Waals surface area (Å²) in [5, 5.41) is 14.8. The fourth-order valence-electron chi connectivity index (χ4n) is 3.00. The molecule has 0 aliphatic carbocycles. The maximum Gasteiger partial charge on any atom is 0.315 e. The number of nitrogens with one attached hydrogen (secondary N) is 2. The normalized spacial score (nSPS) is 19.6. The van der Waals surface area contributed by atoms with Crippen molar-refractivity contribution in [2.24, 2.45) is 0 Å². The fourth-order valence-corrected chi connectivity index (χ4v) is 3.00. The van der Waals surface area contributed by atoms with Gasteiger partial charge in [-0.3, -0.25) is 0 Å². The lowest BCUT2D eigenvalue weighted by Crippen LogP contribution is -2.44. The van der Waals surface area contributed by atoms with E-state index < -0.39 is 0 Å². The summed E-state index contributed by atoms with van der Waals surface area (Å²) < 4.78 is 5.83. The van der Waals surface area contributed by atoms with Crippen molar-refractivity contribution in [3.8, 4) is 6.07 Å². The Labute approximate surface area is 147 Å². The predicted molar refractivity (Wildman–Crippen MR) is 94.7 cm³/mol. The van der Waals surface area contributed by atoms with Gasteiger partial charge in [0.25, 0.3) is 0 Å². The molecule has 1 saturated heterocycles. The lowest BCUT2D eigenvalue weighted by atomic mass is 9.97. The second-order valence-electron chi connectivity index (χ2n) is 6.13. The quantitative estimate of drug-likeness (QED) is 0.900. The summed E-state index contributed by atoms with van der Waals surface area (Å²) in [6, 6.07) is 19.3. The van der Waals surface area contributed by atoms with Crippen LogP contribution in [0.25, 0.3) is 0 Å². The van der Waals surface area contributed by atoms with Gasteiger partial charge < -0.3 is 15.4 Å². The molecule has 0 unspecified atom stereocenters. The number of hydrogen-bond donors (Lipinski definition) is 2. The number of urea groups is 1. The Balaban J connectivity index is 1.50. The molecule has 5 nitrogen and oxygen atoms in total. The number of hydrogen-bond acceptors (Lipinski definition) is 3. The number of rotatable bonds is 4. The Morgan fingerprint density at radius 1 is 1.20 bits per heavy atom. The number of carbonyl (C=O) groups is 1. The standard InChI is InChI=1S/C20H21N3O2/c21-13-15-5-4-6-16(11-15)14-22-20(24)23-18-9-10-25-19(12-18)17-7-2-1-3-8-17/h1-8,11,18-19H,9-10,12,14H2,(H2,22,23,24)/t18-,19+/m0/s1. The van der Waals surface area contributed by atoms with E-state index in [0.29, 0.717) is 18.7 Å². The van der Waals surface area contributed by atoms with Gasteiger partial charge in [0.2, 0.25) is 0 Å². The largest absolute Gasteiger partial charge is 0.373 e. The first-order valence-electron chi connectivity index (χ1n) is 8.44. The highest BCUT2D eigenvalue weighted by Gasteiger charge is 2.24. The summed E-state index contributed by atoms with van der Waals surface area (Å²) in [6.45, 7) is 1.03. The number of amides is 2. The van der Waals surface area contributed by atoms with Gasteiger partial charge in [-0.1, -0.05) is 42.5 Å². The van der Waals surface area contributed by atoms with Gasteiger partial charge in [-0.25, -0.2) is 4.79 Å². The summed E-state index contributed by atoms with van der Waals surface area (Å²) in [5.41, 5.74) is 2.64. The van der Waals surface area contributed by atoms with E-state index in [1.807, 2.05) is 30.3 Å². The second-order valence-corrected chi connectivity index (χ2v) is 6.13. The predicted octanol–water partition coefficient (Wildman–Crippen LogP) is 3.28. The molecule has 2 N–H and O–H groups in total. The average molecular weight is 335 g/mol. The third kappa shape index (κ3) is 4.82. The smallest absolute Gasteiger partial charge is 0.315 e. The van der Waals surface area contributed by atoms with E-state index in [0.717, 1.165) is 24.0 Å². The molecule has 1 aliphatic heterocycles. The number of benzene rings is 2. The Hall–Kier alpha value is -2.84. The zero-order valence-corrected chi connectivity index (χ0v) is 13.9. The third-order valence-corrected chi connectivity index (χ3v) is 4.30. The van der Waals surface area contributed by atoms with E-state index in [-0.39, 0.29) is 18.2 Å².